The zero-order chi connectivity index (χ0) is 15.5. The summed E-state index contributed by atoms with van der Waals surface area (Å²) in [6.07, 6.45) is 0. The van der Waals surface area contributed by atoms with E-state index in [-0.39, 0.29) is 5.56 Å². The molecule has 2 N–H and O–H groups in total. The number of ether oxygens (including phenoxy) is 1. The second-order valence-electron chi connectivity index (χ2n) is 3.82. The lowest BCUT2D eigenvalue weighted by Crippen LogP contribution is -2.39. The highest BCUT2D eigenvalue weighted by atomic mass is 32.2. The van der Waals surface area contributed by atoms with Crippen molar-refractivity contribution >= 4 is 22.0 Å². The van der Waals surface area contributed by atoms with Crippen LogP contribution >= 0.6 is 0 Å². The average molecular weight is 305 g/mol. The number of carbonyl (C=O) groups excluding carboxylic acids is 1. The molecule has 1 aromatic carbocycles. The van der Waals surface area contributed by atoms with Gasteiger partial charge in [-0.25, -0.2) is 17.6 Å². The number of halogens is 1. The Kier molecular flexibility index (Phi) is 4.79. The van der Waals surface area contributed by atoms with Gasteiger partial charge in [-0.2, -0.15) is 4.72 Å². The molecule has 1 aromatic rings. The molecule has 110 valence electrons. The quantitative estimate of drug-likeness (QED) is 0.760. The zero-order valence-electron chi connectivity index (χ0n) is 10.6. The van der Waals surface area contributed by atoms with Crippen LogP contribution in [0, 0.1) is 5.82 Å². The Bertz CT molecular complexity index is 642. The van der Waals surface area contributed by atoms with Crippen LogP contribution in [0.2, 0.25) is 0 Å². The van der Waals surface area contributed by atoms with Crippen LogP contribution < -0.4 is 4.72 Å². The Morgan fingerprint density at radius 1 is 1.40 bits per heavy atom. The van der Waals surface area contributed by atoms with E-state index < -0.39 is 38.7 Å². The lowest BCUT2D eigenvalue weighted by molar-refractivity contribution is -0.142. The van der Waals surface area contributed by atoms with Crippen molar-refractivity contribution in [2.45, 2.75) is 17.9 Å². The van der Waals surface area contributed by atoms with Gasteiger partial charge in [-0.15, -0.1) is 0 Å². The molecule has 0 bridgehead atoms. The fourth-order valence-corrected chi connectivity index (χ4v) is 2.62. The molecule has 0 spiro atoms. The first-order valence-electron chi connectivity index (χ1n) is 5.32. The third-order valence-corrected chi connectivity index (χ3v) is 3.93. The van der Waals surface area contributed by atoms with E-state index in [4.69, 9.17) is 5.11 Å². The van der Waals surface area contributed by atoms with Crippen molar-refractivity contribution in [3.05, 3.63) is 29.6 Å². The zero-order valence-corrected chi connectivity index (χ0v) is 11.4. The van der Waals surface area contributed by atoms with Gasteiger partial charge in [0.25, 0.3) is 0 Å². The number of nitrogens with one attached hydrogen (secondary N) is 1. The third kappa shape index (κ3) is 3.52. The first-order valence-corrected chi connectivity index (χ1v) is 6.80. The minimum Gasteiger partial charge on any atom is -0.478 e. The highest BCUT2D eigenvalue weighted by Gasteiger charge is 2.25. The summed E-state index contributed by atoms with van der Waals surface area (Å²) in [6.45, 7) is 1.23. The summed E-state index contributed by atoms with van der Waals surface area (Å²) in [5.74, 6) is -3.45. The fraction of sp³-hybridized carbons (Fsp3) is 0.273. The van der Waals surface area contributed by atoms with Crippen molar-refractivity contribution in [3.8, 4) is 0 Å². The number of carboxylic acid groups (broad SMARTS) is 1. The molecule has 20 heavy (non-hydrogen) atoms. The van der Waals surface area contributed by atoms with Crippen LogP contribution in [0.3, 0.4) is 0 Å². The molecular formula is C11H12FNO6S. The molecule has 0 aliphatic rings. The summed E-state index contributed by atoms with van der Waals surface area (Å²) in [5, 5.41) is 8.66. The molecular weight excluding hydrogens is 293 g/mol. The van der Waals surface area contributed by atoms with Gasteiger partial charge >= 0.3 is 11.9 Å². The standard InChI is InChI=1S/C11H12FNO6S/c1-6(11(16)19-2)13-20(17,18)9-4-3-7(10(14)15)5-8(9)12/h3-6,13H,1-2H3,(H,14,15)/t6-/m0/s1. The molecule has 0 amide bonds. The van der Waals surface area contributed by atoms with E-state index in [9.17, 15) is 22.4 Å². The number of carboxylic acids is 1. The topological polar surface area (TPSA) is 110 Å². The SMILES string of the molecule is COC(=O)[C@H](C)NS(=O)(=O)c1ccc(C(=O)O)cc1F. The molecule has 0 saturated heterocycles. The largest absolute Gasteiger partial charge is 0.478 e. The van der Waals surface area contributed by atoms with Gasteiger partial charge in [-0.3, -0.25) is 4.79 Å². The Labute approximate surface area is 114 Å². The van der Waals surface area contributed by atoms with E-state index in [0.29, 0.717) is 6.07 Å². The van der Waals surface area contributed by atoms with Crippen LogP contribution in [0.25, 0.3) is 0 Å². The number of esters is 1. The Morgan fingerprint density at radius 3 is 2.45 bits per heavy atom. The monoisotopic (exact) mass is 305 g/mol. The van der Waals surface area contributed by atoms with E-state index in [0.717, 1.165) is 19.2 Å². The number of rotatable bonds is 5. The first kappa shape index (κ1) is 16.1. The maximum Gasteiger partial charge on any atom is 0.335 e. The number of sulfonamides is 1. The van der Waals surface area contributed by atoms with Crippen molar-refractivity contribution in [2.75, 3.05) is 7.11 Å². The molecule has 0 saturated carbocycles. The number of methoxy groups -OCH3 is 1. The van der Waals surface area contributed by atoms with Gasteiger partial charge in [0.1, 0.15) is 16.8 Å². The molecule has 0 heterocycles. The van der Waals surface area contributed by atoms with E-state index in [1.165, 1.54) is 6.92 Å². The summed E-state index contributed by atoms with van der Waals surface area (Å²) >= 11 is 0. The Morgan fingerprint density at radius 2 is 2.00 bits per heavy atom. The van der Waals surface area contributed by atoms with Crippen LogP contribution in [-0.2, 0) is 19.6 Å². The lowest BCUT2D eigenvalue weighted by Gasteiger charge is -2.12. The summed E-state index contributed by atoms with van der Waals surface area (Å²) < 4.78 is 43.6. The second-order valence-corrected chi connectivity index (χ2v) is 5.50. The second kappa shape index (κ2) is 5.97. The van der Waals surface area contributed by atoms with Crippen LogP contribution in [0.5, 0.6) is 0 Å². The van der Waals surface area contributed by atoms with Crippen molar-refractivity contribution in [1.29, 1.82) is 0 Å². The van der Waals surface area contributed by atoms with Gasteiger partial charge in [-0.1, -0.05) is 0 Å². The van der Waals surface area contributed by atoms with Crippen molar-refractivity contribution in [3.63, 3.8) is 0 Å². The summed E-state index contributed by atoms with van der Waals surface area (Å²) in [7, 11) is -3.23. The summed E-state index contributed by atoms with van der Waals surface area (Å²) in [4.78, 5) is 21.0. The molecule has 7 nitrogen and oxygen atoms in total. The number of hydrogen-bond acceptors (Lipinski definition) is 5. The Hall–Kier alpha value is -2.00. The van der Waals surface area contributed by atoms with Gasteiger partial charge < -0.3 is 9.84 Å². The molecule has 9 heteroatoms. The summed E-state index contributed by atoms with van der Waals surface area (Å²) in [5.41, 5.74) is -0.387. The van der Waals surface area contributed by atoms with Crippen molar-refractivity contribution < 1.29 is 32.2 Å². The van der Waals surface area contributed by atoms with E-state index in [2.05, 4.69) is 4.74 Å². The lowest BCUT2D eigenvalue weighted by atomic mass is 10.2. The number of benzene rings is 1. The molecule has 0 aliphatic carbocycles. The van der Waals surface area contributed by atoms with Crippen molar-refractivity contribution in [1.82, 2.24) is 4.72 Å². The van der Waals surface area contributed by atoms with Gasteiger partial charge in [0, 0.05) is 0 Å². The molecule has 0 unspecified atom stereocenters. The molecule has 1 atom stereocenters. The van der Waals surface area contributed by atoms with Gasteiger partial charge in [0.15, 0.2) is 0 Å². The minimum absolute atomic E-state index is 0.387. The highest BCUT2D eigenvalue weighted by Crippen LogP contribution is 2.16. The predicted molar refractivity (Wildman–Crippen MR) is 65.2 cm³/mol. The number of aromatic carboxylic acids is 1. The normalized spacial score (nSPS) is 12.8. The van der Waals surface area contributed by atoms with Crippen molar-refractivity contribution in [2.24, 2.45) is 0 Å². The van der Waals surface area contributed by atoms with Crippen LogP contribution in [0.15, 0.2) is 23.1 Å². The number of hydrogen-bond donors (Lipinski definition) is 2. The minimum atomic E-state index is -4.31. The van der Waals surface area contributed by atoms with Gasteiger partial charge in [0.05, 0.1) is 12.7 Å². The van der Waals surface area contributed by atoms with Gasteiger partial charge in [0.2, 0.25) is 10.0 Å². The third-order valence-electron chi connectivity index (χ3n) is 2.36. The molecule has 1 rings (SSSR count). The fourth-order valence-electron chi connectivity index (χ4n) is 1.37. The van der Waals surface area contributed by atoms with Crippen LogP contribution in [0.4, 0.5) is 4.39 Å². The van der Waals surface area contributed by atoms with E-state index >= 15 is 0 Å². The maximum absolute atomic E-state index is 13.6. The van der Waals surface area contributed by atoms with Crippen LogP contribution in [0.1, 0.15) is 17.3 Å². The molecule has 0 fully saturated rings. The Balaban J connectivity index is 3.10. The van der Waals surface area contributed by atoms with E-state index in [1.54, 1.807) is 0 Å². The van der Waals surface area contributed by atoms with E-state index in [1.807, 2.05) is 4.72 Å². The smallest absolute Gasteiger partial charge is 0.335 e. The van der Waals surface area contributed by atoms with Gasteiger partial charge in [-0.05, 0) is 25.1 Å². The summed E-state index contributed by atoms with van der Waals surface area (Å²) in [6, 6.07) is 1.14. The molecule has 0 aliphatic heterocycles. The molecule has 0 radical (unpaired) electrons. The average Bonchev–Trinajstić information content (AvgIpc) is 2.36. The molecule has 0 aromatic heterocycles. The number of carbonyl (C=O) groups is 2. The first-order chi connectivity index (χ1) is 9.19. The highest BCUT2D eigenvalue weighted by molar-refractivity contribution is 7.89. The predicted octanol–water partition coefficient (Wildman–Crippen LogP) is 0.364. The van der Waals surface area contributed by atoms with Crippen LogP contribution in [-0.4, -0.2) is 38.6 Å². The maximum atomic E-state index is 13.6.